The van der Waals surface area contributed by atoms with E-state index in [0.717, 1.165) is 37.7 Å². The summed E-state index contributed by atoms with van der Waals surface area (Å²) in [4.78, 5) is 10.6. The van der Waals surface area contributed by atoms with Crippen molar-refractivity contribution in [2.45, 2.75) is 70.2 Å². The highest BCUT2D eigenvalue weighted by Gasteiger charge is 2.23. The van der Waals surface area contributed by atoms with E-state index in [-0.39, 0.29) is 4.83 Å². The number of hydrogen-bond acceptors (Lipinski definition) is 2. The van der Waals surface area contributed by atoms with Crippen molar-refractivity contribution in [2.24, 2.45) is 0 Å². The lowest BCUT2D eigenvalue weighted by atomic mass is 9.98. The summed E-state index contributed by atoms with van der Waals surface area (Å²) in [6.45, 7) is 7.57. The number of carboxylic acids is 1. The third kappa shape index (κ3) is 10.2. The molecule has 0 saturated carbocycles. The van der Waals surface area contributed by atoms with Gasteiger partial charge in [-0.1, -0.05) is 33.2 Å². The van der Waals surface area contributed by atoms with Crippen molar-refractivity contribution in [3.63, 3.8) is 0 Å². The van der Waals surface area contributed by atoms with Gasteiger partial charge in [0.25, 0.3) is 0 Å². The highest BCUT2D eigenvalue weighted by molar-refractivity contribution is 9.09. The summed E-state index contributed by atoms with van der Waals surface area (Å²) >= 11 is 3.51. The van der Waals surface area contributed by atoms with E-state index >= 15 is 0 Å². The molecule has 0 aromatic rings. The molecule has 0 aliphatic heterocycles. The van der Waals surface area contributed by atoms with Gasteiger partial charge in [0, 0.05) is 10.9 Å². The van der Waals surface area contributed by atoms with E-state index in [1.807, 2.05) is 20.8 Å². The molecular weight excluding hydrogens is 320 g/mol. The highest BCUT2D eigenvalue weighted by atomic mass is 79.9. The molecular formula is C16H27BrO3. The number of allylic oxidation sites excluding steroid dienone is 3. The van der Waals surface area contributed by atoms with Crippen molar-refractivity contribution in [3.05, 3.63) is 23.3 Å². The number of aliphatic hydroxyl groups is 1. The lowest BCUT2D eigenvalue weighted by molar-refractivity contribution is -0.131. The second-order valence-electron chi connectivity index (χ2n) is 5.93. The molecule has 0 bridgehead atoms. The van der Waals surface area contributed by atoms with Gasteiger partial charge in [0.05, 0.1) is 5.60 Å². The van der Waals surface area contributed by atoms with Crippen LogP contribution in [0.25, 0.3) is 0 Å². The van der Waals surface area contributed by atoms with Gasteiger partial charge in [-0.2, -0.15) is 0 Å². The molecule has 0 aromatic carbocycles. The Labute approximate surface area is 130 Å². The Morgan fingerprint density at radius 1 is 1.25 bits per heavy atom. The summed E-state index contributed by atoms with van der Waals surface area (Å²) in [6.07, 6.45) is 8.09. The normalized spacial score (nSPS) is 15.3. The number of rotatable bonds is 9. The number of carbonyl (C=O) groups is 1. The zero-order valence-corrected chi connectivity index (χ0v) is 14.5. The number of hydrogen-bond donors (Lipinski definition) is 2. The number of alkyl halides is 1. The van der Waals surface area contributed by atoms with Gasteiger partial charge < -0.3 is 10.2 Å². The zero-order chi connectivity index (χ0) is 15.8. The molecule has 0 radical (unpaired) electrons. The van der Waals surface area contributed by atoms with Crippen LogP contribution < -0.4 is 0 Å². The molecule has 0 heterocycles. The molecule has 116 valence electrons. The van der Waals surface area contributed by atoms with E-state index < -0.39 is 11.6 Å². The molecule has 4 heteroatoms. The molecule has 0 aliphatic rings. The summed E-state index contributed by atoms with van der Waals surface area (Å²) in [5, 5.41) is 18.4. The van der Waals surface area contributed by atoms with Gasteiger partial charge in [-0.3, -0.25) is 0 Å². The van der Waals surface area contributed by atoms with Gasteiger partial charge in [-0.05, 0) is 59.8 Å². The van der Waals surface area contributed by atoms with Gasteiger partial charge in [0.15, 0.2) is 0 Å². The van der Waals surface area contributed by atoms with Crippen LogP contribution in [0.3, 0.4) is 0 Å². The van der Waals surface area contributed by atoms with Crippen LogP contribution in [0.2, 0.25) is 0 Å². The van der Waals surface area contributed by atoms with Crippen LogP contribution in [-0.2, 0) is 4.79 Å². The third-order valence-electron chi connectivity index (χ3n) is 3.20. The van der Waals surface area contributed by atoms with Gasteiger partial charge in [-0.15, -0.1) is 0 Å². The van der Waals surface area contributed by atoms with E-state index in [1.54, 1.807) is 0 Å². The fourth-order valence-electron chi connectivity index (χ4n) is 1.84. The van der Waals surface area contributed by atoms with Crippen molar-refractivity contribution < 1.29 is 15.0 Å². The van der Waals surface area contributed by atoms with Crippen LogP contribution in [0, 0.1) is 0 Å². The lowest BCUT2D eigenvalue weighted by Gasteiger charge is -2.24. The molecule has 0 rings (SSSR count). The van der Waals surface area contributed by atoms with E-state index in [1.165, 1.54) is 11.6 Å². The summed E-state index contributed by atoms with van der Waals surface area (Å²) in [5.74, 6) is -0.877. The van der Waals surface area contributed by atoms with Crippen molar-refractivity contribution >= 4 is 21.9 Å². The van der Waals surface area contributed by atoms with Gasteiger partial charge in [-0.25, -0.2) is 4.79 Å². The van der Waals surface area contributed by atoms with Crippen LogP contribution in [0.1, 0.15) is 59.8 Å². The maximum atomic E-state index is 10.5. The largest absolute Gasteiger partial charge is 0.478 e. The Bertz CT molecular complexity index is 364. The molecule has 1 atom stereocenters. The molecule has 20 heavy (non-hydrogen) atoms. The maximum Gasteiger partial charge on any atom is 0.328 e. The van der Waals surface area contributed by atoms with Crippen LogP contribution in [0.5, 0.6) is 0 Å². The number of carboxylic acid groups (broad SMARTS) is 1. The van der Waals surface area contributed by atoms with E-state index in [0.29, 0.717) is 0 Å². The molecule has 0 spiro atoms. The average Bonchev–Trinajstić information content (AvgIpc) is 2.26. The highest BCUT2D eigenvalue weighted by Crippen LogP contribution is 2.23. The summed E-state index contributed by atoms with van der Waals surface area (Å²) in [7, 11) is 0. The average molecular weight is 347 g/mol. The van der Waals surface area contributed by atoms with Crippen LogP contribution in [0.15, 0.2) is 23.3 Å². The molecule has 3 nitrogen and oxygen atoms in total. The van der Waals surface area contributed by atoms with Crippen molar-refractivity contribution in [1.29, 1.82) is 0 Å². The fourth-order valence-corrected chi connectivity index (χ4v) is 2.17. The second kappa shape index (κ2) is 9.35. The number of halogens is 1. The van der Waals surface area contributed by atoms with Gasteiger partial charge in [0.1, 0.15) is 0 Å². The van der Waals surface area contributed by atoms with Gasteiger partial charge >= 0.3 is 5.97 Å². The Kier molecular flexibility index (Phi) is 9.06. The van der Waals surface area contributed by atoms with Crippen LogP contribution >= 0.6 is 15.9 Å². The minimum Gasteiger partial charge on any atom is -0.478 e. The van der Waals surface area contributed by atoms with E-state index in [2.05, 4.69) is 28.9 Å². The minimum absolute atomic E-state index is 0.114. The SMILES string of the molecule is C/C(=C/CC/C(C)=C/C(=O)O)CCCC(Br)C(C)(C)O. The molecule has 2 N–H and O–H groups in total. The summed E-state index contributed by atoms with van der Waals surface area (Å²) in [6, 6.07) is 0. The topological polar surface area (TPSA) is 57.5 Å². The van der Waals surface area contributed by atoms with Crippen LogP contribution in [0.4, 0.5) is 0 Å². The Morgan fingerprint density at radius 2 is 1.85 bits per heavy atom. The Morgan fingerprint density at radius 3 is 2.35 bits per heavy atom. The van der Waals surface area contributed by atoms with Crippen molar-refractivity contribution in [3.8, 4) is 0 Å². The van der Waals surface area contributed by atoms with Crippen molar-refractivity contribution in [1.82, 2.24) is 0 Å². The molecule has 1 unspecified atom stereocenters. The standard InChI is InChI=1S/C16H27BrO3/c1-12(7-5-9-13(2)11-15(18)19)8-6-10-14(17)16(3,4)20/h7,11,14,20H,5-6,8-10H2,1-4H3,(H,18,19)/b12-7-,13-11+. The predicted molar refractivity (Wildman–Crippen MR) is 87.2 cm³/mol. The first-order chi connectivity index (χ1) is 9.12. The van der Waals surface area contributed by atoms with E-state index in [9.17, 15) is 9.90 Å². The third-order valence-corrected chi connectivity index (χ3v) is 4.77. The minimum atomic E-state index is -0.877. The van der Waals surface area contributed by atoms with Crippen molar-refractivity contribution in [2.75, 3.05) is 0 Å². The molecule has 0 fully saturated rings. The molecule has 0 aromatic heterocycles. The lowest BCUT2D eigenvalue weighted by Crippen LogP contribution is -2.31. The molecule has 0 amide bonds. The molecule has 0 aliphatic carbocycles. The van der Waals surface area contributed by atoms with Gasteiger partial charge in [0.2, 0.25) is 0 Å². The number of aliphatic carboxylic acids is 1. The first-order valence-corrected chi connectivity index (χ1v) is 7.96. The monoisotopic (exact) mass is 346 g/mol. The van der Waals surface area contributed by atoms with Crippen LogP contribution in [-0.4, -0.2) is 26.6 Å². The maximum absolute atomic E-state index is 10.5. The van der Waals surface area contributed by atoms with E-state index in [4.69, 9.17) is 5.11 Å². The Balaban J connectivity index is 3.96. The summed E-state index contributed by atoms with van der Waals surface area (Å²) in [5.41, 5.74) is 1.53. The Hall–Kier alpha value is -0.610. The smallest absolute Gasteiger partial charge is 0.328 e. The first kappa shape index (κ1) is 19.4. The molecule has 0 saturated heterocycles. The summed E-state index contributed by atoms with van der Waals surface area (Å²) < 4.78 is 0. The fraction of sp³-hybridized carbons (Fsp3) is 0.688. The second-order valence-corrected chi connectivity index (χ2v) is 7.04. The quantitative estimate of drug-likeness (QED) is 0.368. The predicted octanol–water partition coefficient (Wildman–Crippen LogP) is 4.45. The zero-order valence-electron chi connectivity index (χ0n) is 12.9. The first-order valence-electron chi connectivity index (χ1n) is 7.05.